The van der Waals surface area contributed by atoms with Gasteiger partial charge in [0.2, 0.25) is 0 Å². The van der Waals surface area contributed by atoms with Crippen LogP contribution in [0.15, 0.2) is 40.9 Å². The molecular weight excluding hydrogens is 346 g/mol. The van der Waals surface area contributed by atoms with Crippen molar-refractivity contribution in [1.82, 2.24) is 20.4 Å². The van der Waals surface area contributed by atoms with Crippen LogP contribution in [0.1, 0.15) is 10.5 Å². The maximum absolute atomic E-state index is 11.9. The van der Waals surface area contributed by atoms with Gasteiger partial charge in [-0.05, 0) is 54.3 Å². The zero-order chi connectivity index (χ0) is 15.9. The Morgan fingerprint density at radius 3 is 2.59 bits per heavy atom. The van der Waals surface area contributed by atoms with Gasteiger partial charge in [0, 0.05) is 17.6 Å². The molecule has 0 saturated carbocycles. The highest BCUT2D eigenvalue weighted by atomic mass is 79.9. The molecule has 7 heteroatoms. The summed E-state index contributed by atoms with van der Waals surface area (Å²) in [5, 5.41) is 13.9. The van der Waals surface area contributed by atoms with E-state index in [1.165, 1.54) is 0 Å². The first-order valence-corrected chi connectivity index (χ1v) is 7.64. The normalized spacial score (nSPS) is 10.5. The Bertz CT molecular complexity index is 630. The molecule has 0 unspecified atom stereocenters. The molecule has 0 radical (unpaired) electrons. The van der Waals surface area contributed by atoms with Gasteiger partial charge in [-0.2, -0.15) is 0 Å². The van der Waals surface area contributed by atoms with E-state index in [-0.39, 0.29) is 5.91 Å². The molecule has 22 heavy (non-hydrogen) atoms. The number of nitrogens with zero attached hydrogens (tertiary/aromatic N) is 3. The highest BCUT2D eigenvalue weighted by Gasteiger charge is 2.08. The molecule has 1 amide bonds. The Balaban J connectivity index is 1.95. The second-order valence-corrected chi connectivity index (χ2v) is 5.82. The van der Waals surface area contributed by atoms with E-state index in [2.05, 4.69) is 36.8 Å². The molecule has 2 aromatic rings. The molecular formula is C15H18BrN5O. The van der Waals surface area contributed by atoms with Crippen molar-refractivity contribution in [2.45, 2.75) is 0 Å². The number of amides is 1. The van der Waals surface area contributed by atoms with Gasteiger partial charge >= 0.3 is 0 Å². The van der Waals surface area contributed by atoms with Crippen LogP contribution in [-0.4, -0.2) is 48.2 Å². The number of carbonyl (C=O) groups excluding carboxylic acids is 1. The van der Waals surface area contributed by atoms with Crippen LogP contribution in [0, 0.1) is 0 Å². The van der Waals surface area contributed by atoms with Crippen molar-refractivity contribution in [1.29, 1.82) is 0 Å². The number of aromatic nitrogens is 2. The van der Waals surface area contributed by atoms with Crippen LogP contribution in [0.4, 0.5) is 11.5 Å². The molecule has 0 aliphatic heterocycles. The van der Waals surface area contributed by atoms with Crippen LogP contribution in [0.25, 0.3) is 0 Å². The largest absolute Gasteiger partial charge is 0.349 e. The lowest BCUT2D eigenvalue weighted by molar-refractivity contribution is 0.0945. The van der Waals surface area contributed by atoms with Crippen LogP contribution in [-0.2, 0) is 0 Å². The van der Waals surface area contributed by atoms with E-state index >= 15 is 0 Å². The zero-order valence-electron chi connectivity index (χ0n) is 12.5. The molecule has 0 saturated heterocycles. The monoisotopic (exact) mass is 363 g/mol. The standard InChI is InChI=1S/C15H18BrN5O/c1-21(2)10-9-17-15(22)13-7-8-14(20-19-13)18-12-6-4-3-5-11(12)16/h3-8H,9-10H2,1-2H3,(H,17,22)(H,18,20). The fraction of sp³-hybridized carbons (Fsp3) is 0.267. The second kappa shape index (κ2) is 7.86. The van der Waals surface area contributed by atoms with Crippen molar-refractivity contribution in [2.24, 2.45) is 0 Å². The minimum Gasteiger partial charge on any atom is -0.349 e. The predicted molar refractivity (Wildman–Crippen MR) is 90.3 cm³/mol. The van der Waals surface area contributed by atoms with Crippen molar-refractivity contribution in [3.63, 3.8) is 0 Å². The van der Waals surface area contributed by atoms with Crippen molar-refractivity contribution >= 4 is 33.3 Å². The Hall–Kier alpha value is -1.99. The van der Waals surface area contributed by atoms with E-state index in [4.69, 9.17) is 0 Å². The van der Waals surface area contributed by atoms with Crippen LogP contribution < -0.4 is 10.6 Å². The zero-order valence-corrected chi connectivity index (χ0v) is 14.1. The van der Waals surface area contributed by atoms with Gasteiger partial charge in [0.05, 0.1) is 5.69 Å². The Kier molecular flexibility index (Phi) is 5.85. The van der Waals surface area contributed by atoms with E-state index in [9.17, 15) is 4.79 Å². The van der Waals surface area contributed by atoms with Gasteiger partial charge in [0.1, 0.15) is 0 Å². The highest BCUT2D eigenvalue weighted by Crippen LogP contribution is 2.23. The molecule has 116 valence electrons. The molecule has 0 atom stereocenters. The maximum atomic E-state index is 11.9. The molecule has 0 fully saturated rings. The van der Waals surface area contributed by atoms with E-state index in [0.717, 1.165) is 16.7 Å². The quantitative estimate of drug-likeness (QED) is 0.823. The SMILES string of the molecule is CN(C)CCNC(=O)c1ccc(Nc2ccccc2Br)nn1. The third kappa shape index (κ3) is 4.78. The van der Waals surface area contributed by atoms with Gasteiger partial charge in [-0.25, -0.2) is 0 Å². The molecule has 0 spiro atoms. The van der Waals surface area contributed by atoms with Crippen molar-refractivity contribution in [3.8, 4) is 0 Å². The number of rotatable bonds is 6. The molecule has 2 rings (SSSR count). The molecule has 6 nitrogen and oxygen atoms in total. The smallest absolute Gasteiger partial charge is 0.271 e. The Labute approximate surface area is 138 Å². The number of hydrogen-bond acceptors (Lipinski definition) is 5. The van der Waals surface area contributed by atoms with Gasteiger partial charge in [-0.3, -0.25) is 4.79 Å². The first-order valence-electron chi connectivity index (χ1n) is 6.84. The second-order valence-electron chi connectivity index (χ2n) is 4.97. The molecule has 0 bridgehead atoms. The van der Waals surface area contributed by atoms with Crippen molar-refractivity contribution < 1.29 is 4.79 Å². The fourth-order valence-corrected chi connectivity index (χ4v) is 2.09. The number of benzene rings is 1. The van der Waals surface area contributed by atoms with Gasteiger partial charge in [0.15, 0.2) is 11.5 Å². The lowest BCUT2D eigenvalue weighted by Crippen LogP contribution is -2.31. The summed E-state index contributed by atoms with van der Waals surface area (Å²) in [7, 11) is 3.91. The summed E-state index contributed by atoms with van der Waals surface area (Å²) in [5.41, 5.74) is 1.19. The molecule has 1 aromatic carbocycles. The summed E-state index contributed by atoms with van der Waals surface area (Å²) in [5.74, 6) is 0.360. The van der Waals surface area contributed by atoms with Crippen molar-refractivity contribution in [2.75, 3.05) is 32.5 Å². The Morgan fingerprint density at radius 2 is 1.95 bits per heavy atom. The maximum Gasteiger partial charge on any atom is 0.271 e. The number of carbonyl (C=O) groups is 1. The molecule has 0 aliphatic rings. The number of hydrogen-bond donors (Lipinski definition) is 2. The van der Waals surface area contributed by atoms with Gasteiger partial charge in [0.25, 0.3) is 5.91 Å². The highest BCUT2D eigenvalue weighted by molar-refractivity contribution is 9.10. The van der Waals surface area contributed by atoms with Crippen LogP contribution >= 0.6 is 15.9 Å². The van der Waals surface area contributed by atoms with E-state index in [1.54, 1.807) is 12.1 Å². The minimum absolute atomic E-state index is 0.221. The molecule has 1 heterocycles. The van der Waals surface area contributed by atoms with Gasteiger partial charge < -0.3 is 15.5 Å². The summed E-state index contributed by atoms with van der Waals surface area (Å²) in [6.07, 6.45) is 0. The van der Waals surface area contributed by atoms with Crippen LogP contribution in [0.2, 0.25) is 0 Å². The number of nitrogens with one attached hydrogen (secondary N) is 2. The summed E-state index contributed by atoms with van der Waals surface area (Å²) in [4.78, 5) is 13.9. The number of anilines is 2. The van der Waals surface area contributed by atoms with Crippen LogP contribution in [0.3, 0.4) is 0 Å². The third-order valence-corrected chi connectivity index (χ3v) is 3.57. The van der Waals surface area contributed by atoms with E-state index < -0.39 is 0 Å². The average Bonchev–Trinajstić information content (AvgIpc) is 2.50. The molecule has 2 N–H and O–H groups in total. The van der Waals surface area contributed by atoms with Crippen molar-refractivity contribution in [3.05, 3.63) is 46.6 Å². The van der Waals surface area contributed by atoms with E-state index in [1.807, 2.05) is 43.3 Å². The lowest BCUT2D eigenvalue weighted by Gasteiger charge is -2.10. The summed E-state index contributed by atoms with van der Waals surface area (Å²) in [6, 6.07) is 11.1. The summed E-state index contributed by atoms with van der Waals surface area (Å²) < 4.78 is 0.933. The number of halogens is 1. The molecule has 0 aliphatic carbocycles. The fourth-order valence-electron chi connectivity index (χ4n) is 1.70. The summed E-state index contributed by atoms with van der Waals surface area (Å²) in [6.45, 7) is 1.35. The average molecular weight is 364 g/mol. The van der Waals surface area contributed by atoms with E-state index in [0.29, 0.717) is 18.1 Å². The minimum atomic E-state index is -0.221. The topological polar surface area (TPSA) is 70.2 Å². The Morgan fingerprint density at radius 1 is 1.18 bits per heavy atom. The first-order chi connectivity index (χ1) is 10.6. The molecule has 1 aromatic heterocycles. The predicted octanol–water partition coefficient (Wildman–Crippen LogP) is 2.27. The first kappa shape index (κ1) is 16.4. The van der Waals surface area contributed by atoms with Gasteiger partial charge in [-0.15, -0.1) is 10.2 Å². The number of para-hydroxylation sites is 1. The van der Waals surface area contributed by atoms with Gasteiger partial charge in [-0.1, -0.05) is 12.1 Å². The number of likely N-dealkylation sites (N-methyl/N-ethyl adjacent to an activating group) is 1. The van der Waals surface area contributed by atoms with Crippen LogP contribution in [0.5, 0.6) is 0 Å². The lowest BCUT2D eigenvalue weighted by atomic mass is 10.3. The third-order valence-electron chi connectivity index (χ3n) is 2.88. The summed E-state index contributed by atoms with van der Waals surface area (Å²) >= 11 is 3.45.